The number of H-pyrrole nitrogens is 1. The van der Waals surface area contributed by atoms with E-state index in [9.17, 15) is 13.2 Å². The summed E-state index contributed by atoms with van der Waals surface area (Å²) in [6, 6.07) is 7.79. The van der Waals surface area contributed by atoms with Gasteiger partial charge in [-0.2, -0.15) is 0 Å². The average molecular weight is 293 g/mol. The van der Waals surface area contributed by atoms with Crippen LogP contribution in [0.1, 0.15) is 12.0 Å². The second-order valence-electron chi connectivity index (χ2n) is 5.05. The van der Waals surface area contributed by atoms with Crippen molar-refractivity contribution in [1.82, 2.24) is 9.88 Å². The minimum Gasteiger partial charge on any atom is -0.361 e. The molecule has 1 saturated heterocycles. The molecular formula is C13H15N3O3S. The van der Waals surface area contributed by atoms with Crippen molar-refractivity contribution in [3.8, 4) is 0 Å². The third kappa shape index (κ3) is 2.30. The minimum absolute atomic E-state index is 0.0266. The quantitative estimate of drug-likeness (QED) is 0.865. The molecule has 0 bridgehead atoms. The van der Waals surface area contributed by atoms with E-state index in [0.717, 1.165) is 16.5 Å². The Morgan fingerprint density at radius 3 is 2.80 bits per heavy atom. The van der Waals surface area contributed by atoms with E-state index < -0.39 is 15.3 Å². The zero-order chi connectivity index (χ0) is 14.3. The molecule has 1 unspecified atom stereocenters. The molecule has 1 aromatic carbocycles. The number of hydrogen-bond acceptors (Lipinski definition) is 3. The molecule has 3 rings (SSSR count). The molecule has 106 valence electrons. The van der Waals surface area contributed by atoms with Crippen LogP contribution in [0.4, 0.5) is 0 Å². The van der Waals surface area contributed by atoms with Crippen molar-refractivity contribution < 1.29 is 13.2 Å². The number of carbonyl (C=O) groups excluding carboxylic acids is 1. The zero-order valence-electron chi connectivity index (χ0n) is 10.7. The molecule has 0 aliphatic carbocycles. The van der Waals surface area contributed by atoms with Gasteiger partial charge in [0.1, 0.15) is 5.25 Å². The van der Waals surface area contributed by atoms with Gasteiger partial charge in [0.25, 0.3) is 0 Å². The Morgan fingerprint density at radius 1 is 1.35 bits per heavy atom. The highest BCUT2D eigenvalue weighted by atomic mass is 32.2. The Morgan fingerprint density at radius 2 is 2.10 bits per heavy atom. The molecule has 6 nitrogen and oxygen atoms in total. The number of sulfonamides is 1. The van der Waals surface area contributed by atoms with Gasteiger partial charge >= 0.3 is 0 Å². The van der Waals surface area contributed by atoms with Crippen LogP contribution in [0, 0.1) is 0 Å². The number of rotatable bonds is 3. The molecular weight excluding hydrogens is 278 g/mol. The first-order chi connectivity index (χ1) is 9.45. The van der Waals surface area contributed by atoms with Gasteiger partial charge in [-0.05, 0) is 11.6 Å². The fourth-order valence-electron chi connectivity index (χ4n) is 2.58. The molecule has 0 spiro atoms. The van der Waals surface area contributed by atoms with E-state index in [0.29, 0.717) is 6.54 Å². The minimum atomic E-state index is -3.66. The number of nitrogens with one attached hydrogen (secondary N) is 1. The smallest absolute Gasteiger partial charge is 0.224 e. The second kappa shape index (κ2) is 4.60. The molecule has 1 fully saturated rings. The van der Waals surface area contributed by atoms with Crippen molar-refractivity contribution in [3.63, 3.8) is 0 Å². The molecule has 7 heteroatoms. The lowest BCUT2D eigenvalue weighted by Crippen LogP contribution is -2.31. The molecule has 1 amide bonds. The van der Waals surface area contributed by atoms with Gasteiger partial charge in [0, 0.05) is 36.6 Å². The van der Waals surface area contributed by atoms with Crippen LogP contribution in [0.3, 0.4) is 0 Å². The molecule has 1 atom stereocenters. The fourth-order valence-corrected chi connectivity index (χ4v) is 3.34. The number of likely N-dealkylation sites (tertiary alicyclic amines) is 1. The lowest BCUT2D eigenvalue weighted by Gasteiger charge is -2.15. The maximum atomic E-state index is 11.9. The normalized spacial score (nSPS) is 19.9. The number of fused-ring (bicyclic) bond motifs is 1. The third-order valence-corrected chi connectivity index (χ3v) is 4.92. The number of primary sulfonamides is 1. The number of para-hydroxylation sites is 1. The van der Waals surface area contributed by atoms with Crippen molar-refractivity contribution in [2.75, 3.05) is 6.54 Å². The number of benzene rings is 1. The molecule has 1 aromatic heterocycles. The lowest BCUT2D eigenvalue weighted by molar-refractivity contribution is -0.128. The summed E-state index contributed by atoms with van der Waals surface area (Å²) in [5, 5.41) is 5.37. The van der Waals surface area contributed by atoms with Gasteiger partial charge in [0.05, 0.1) is 0 Å². The predicted octanol–water partition coefficient (Wildman–Crippen LogP) is 0.557. The number of nitrogens with zero attached hydrogens (tertiary/aromatic N) is 1. The molecule has 3 N–H and O–H groups in total. The van der Waals surface area contributed by atoms with Crippen molar-refractivity contribution in [3.05, 3.63) is 36.0 Å². The molecule has 0 radical (unpaired) electrons. The van der Waals surface area contributed by atoms with Gasteiger partial charge in [-0.1, -0.05) is 18.2 Å². The Balaban J connectivity index is 1.83. The van der Waals surface area contributed by atoms with Gasteiger partial charge in [-0.15, -0.1) is 0 Å². The highest BCUT2D eigenvalue weighted by Gasteiger charge is 2.36. The van der Waals surface area contributed by atoms with Crippen LogP contribution in [-0.4, -0.2) is 36.0 Å². The molecule has 0 saturated carbocycles. The molecule has 2 heterocycles. The summed E-state index contributed by atoms with van der Waals surface area (Å²) in [6.07, 6.45) is 1.82. The van der Waals surface area contributed by atoms with Crippen molar-refractivity contribution >= 4 is 26.8 Å². The van der Waals surface area contributed by atoms with Gasteiger partial charge in [-0.3, -0.25) is 4.79 Å². The fraction of sp³-hybridized carbons (Fsp3) is 0.308. The predicted molar refractivity (Wildman–Crippen MR) is 75.2 cm³/mol. The molecule has 20 heavy (non-hydrogen) atoms. The van der Waals surface area contributed by atoms with E-state index in [1.54, 1.807) is 4.90 Å². The summed E-state index contributed by atoms with van der Waals surface area (Å²) in [5.41, 5.74) is 1.97. The van der Waals surface area contributed by atoms with Crippen LogP contribution in [0.5, 0.6) is 0 Å². The number of nitrogens with two attached hydrogens (primary N) is 1. The SMILES string of the molecule is NS(=O)(=O)C1CC(=O)N(Cc2c[nH]c3ccccc23)C1. The number of hydrogen-bond donors (Lipinski definition) is 2. The highest BCUT2D eigenvalue weighted by Crippen LogP contribution is 2.23. The van der Waals surface area contributed by atoms with Crippen LogP contribution in [0.2, 0.25) is 0 Å². The maximum absolute atomic E-state index is 11.9. The van der Waals surface area contributed by atoms with Crippen molar-refractivity contribution in [1.29, 1.82) is 0 Å². The van der Waals surface area contributed by atoms with Crippen LogP contribution < -0.4 is 5.14 Å². The van der Waals surface area contributed by atoms with E-state index >= 15 is 0 Å². The maximum Gasteiger partial charge on any atom is 0.224 e. The summed E-state index contributed by atoms with van der Waals surface area (Å²) < 4.78 is 22.7. The van der Waals surface area contributed by atoms with E-state index in [-0.39, 0.29) is 18.9 Å². The summed E-state index contributed by atoms with van der Waals surface area (Å²) in [5.74, 6) is -0.172. The number of carbonyl (C=O) groups is 1. The Kier molecular flexibility index (Phi) is 3.02. The van der Waals surface area contributed by atoms with Gasteiger partial charge in [-0.25, -0.2) is 13.6 Å². The topological polar surface area (TPSA) is 96.3 Å². The number of aromatic nitrogens is 1. The zero-order valence-corrected chi connectivity index (χ0v) is 11.6. The second-order valence-corrected chi connectivity index (χ2v) is 6.89. The van der Waals surface area contributed by atoms with Gasteiger partial charge in [0.15, 0.2) is 0 Å². The summed E-state index contributed by atoms with van der Waals surface area (Å²) >= 11 is 0. The molecule has 1 aliphatic heterocycles. The summed E-state index contributed by atoms with van der Waals surface area (Å²) in [6.45, 7) is 0.562. The van der Waals surface area contributed by atoms with E-state index in [4.69, 9.17) is 5.14 Å². The Labute approximate surface area is 116 Å². The first kappa shape index (κ1) is 13.1. The van der Waals surface area contributed by atoms with Crippen molar-refractivity contribution in [2.45, 2.75) is 18.2 Å². The van der Waals surface area contributed by atoms with Gasteiger partial charge in [0.2, 0.25) is 15.9 Å². The first-order valence-electron chi connectivity index (χ1n) is 6.29. The van der Waals surface area contributed by atoms with Crippen LogP contribution in [-0.2, 0) is 21.4 Å². The third-order valence-electron chi connectivity index (χ3n) is 3.68. The van der Waals surface area contributed by atoms with Crippen LogP contribution in [0.25, 0.3) is 10.9 Å². The highest BCUT2D eigenvalue weighted by molar-refractivity contribution is 7.89. The largest absolute Gasteiger partial charge is 0.361 e. The molecule has 2 aromatic rings. The summed E-state index contributed by atoms with van der Waals surface area (Å²) in [7, 11) is -3.66. The van der Waals surface area contributed by atoms with E-state index in [2.05, 4.69) is 4.98 Å². The standard InChI is InChI=1S/C13H15N3O3S/c14-20(18,19)10-5-13(17)16(8-10)7-9-6-15-12-4-2-1-3-11(9)12/h1-4,6,10,15H,5,7-8H2,(H2,14,18,19). The van der Waals surface area contributed by atoms with Gasteiger partial charge < -0.3 is 9.88 Å². The number of aromatic amines is 1. The first-order valence-corrected chi connectivity index (χ1v) is 7.90. The number of amides is 1. The van der Waals surface area contributed by atoms with Crippen LogP contribution in [0.15, 0.2) is 30.5 Å². The van der Waals surface area contributed by atoms with Crippen molar-refractivity contribution in [2.24, 2.45) is 5.14 Å². The van der Waals surface area contributed by atoms with Crippen LogP contribution >= 0.6 is 0 Å². The Hall–Kier alpha value is -1.86. The van der Waals surface area contributed by atoms with E-state index in [1.165, 1.54) is 0 Å². The summed E-state index contributed by atoms with van der Waals surface area (Å²) in [4.78, 5) is 16.6. The molecule has 1 aliphatic rings. The monoisotopic (exact) mass is 293 g/mol. The average Bonchev–Trinajstić information content (AvgIpc) is 2.95. The lowest BCUT2D eigenvalue weighted by atomic mass is 10.1. The Bertz CT molecular complexity index is 766. The van der Waals surface area contributed by atoms with E-state index in [1.807, 2.05) is 30.5 Å².